The van der Waals surface area contributed by atoms with Gasteiger partial charge in [-0.3, -0.25) is 4.79 Å². The molecule has 0 bridgehead atoms. The van der Waals surface area contributed by atoms with Crippen molar-refractivity contribution in [3.05, 3.63) is 64.6 Å². The smallest absolute Gasteiger partial charge is 0.310 e. The first-order valence-corrected chi connectivity index (χ1v) is 16.4. The lowest BCUT2D eigenvalue weighted by molar-refractivity contribution is -0.139. The summed E-state index contributed by atoms with van der Waals surface area (Å²) >= 11 is 0. The minimum Gasteiger partial charge on any atom is -0.487 e. The summed E-state index contributed by atoms with van der Waals surface area (Å²) in [4.78, 5) is 27.6. The average molecular weight is 610 g/mol. The summed E-state index contributed by atoms with van der Waals surface area (Å²) in [5, 5.41) is 1.09. The zero-order valence-electron chi connectivity index (χ0n) is 28.0. The van der Waals surface area contributed by atoms with Gasteiger partial charge in [-0.05, 0) is 114 Å². The van der Waals surface area contributed by atoms with Gasteiger partial charge in [-0.2, -0.15) is 0 Å². The quantitative estimate of drug-likeness (QED) is 0.197. The monoisotopic (exact) mass is 609 g/mol. The van der Waals surface area contributed by atoms with Crippen molar-refractivity contribution in [1.82, 2.24) is 19.4 Å². The number of aryl methyl sites for hydroxylation is 2. The van der Waals surface area contributed by atoms with Crippen molar-refractivity contribution in [1.29, 1.82) is 0 Å². The molecule has 2 aromatic carbocycles. The third-order valence-corrected chi connectivity index (χ3v) is 9.19. The Morgan fingerprint density at radius 3 is 2.38 bits per heavy atom. The van der Waals surface area contributed by atoms with E-state index in [1.807, 2.05) is 12.4 Å². The molecule has 0 saturated carbocycles. The highest BCUT2D eigenvalue weighted by Gasteiger charge is 2.32. The minimum absolute atomic E-state index is 0.151. The molecule has 2 aliphatic rings. The van der Waals surface area contributed by atoms with Gasteiger partial charge in [-0.1, -0.05) is 18.6 Å². The van der Waals surface area contributed by atoms with E-state index in [9.17, 15) is 4.79 Å². The van der Waals surface area contributed by atoms with E-state index in [0.29, 0.717) is 5.95 Å². The molecule has 0 spiro atoms. The molecule has 2 aliphatic heterocycles. The Hall–Kier alpha value is -3.91. The van der Waals surface area contributed by atoms with Gasteiger partial charge in [-0.25, -0.2) is 9.97 Å². The number of likely N-dealkylation sites (tertiary alicyclic amines) is 1. The van der Waals surface area contributed by atoms with Crippen molar-refractivity contribution >= 4 is 28.5 Å². The first-order chi connectivity index (χ1) is 21.5. The maximum Gasteiger partial charge on any atom is 0.310 e. The number of hydrogen-bond donors (Lipinski definition) is 0. The van der Waals surface area contributed by atoms with Crippen LogP contribution in [0.1, 0.15) is 68.0 Å². The maximum atomic E-state index is 13.0. The standard InChI is InChI=1S/C37H47N5O3/c1-24-11-12-28(31(19-24)45-37(4,5)6)33-29(21-32(43)44-7)26(3)34-35-30(33)20-25(2)41(35)17-18-42(34)36-38-22-27(23-39-36)13-16-40-14-9-8-10-15-40/h11-12,19-20,22-23H,8-10,13-18,21H2,1-7H3. The third kappa shape index (κ3) is 6.30. The molecule has 6 rings (SSSR count). The van der Waals surface area contributed by atoms with Crippen LogP contribution in [0.5, 0.6) is 5.75 Å². The van der Waals surface area contributed by atoms with Crippen molar-refractivity contribution in [2.45, 2.75) is 85.8 Å². The Labute approximate surface area is 267 Å². The summed E-state index contributed by atoms with van der Waals surface area (Å²) in [6.45, 7) is 17.5. The molecule has 1 fully saturated rings. The van der Waals surface area contributed by atoms with Gasteiger partial charge in [-0.15, -0.1) is 0 Å². The molecule has 238 valence electrons. The molecule has 0 N–H and O–H groups in total. The molecule has 0 radical (unpaired) electrons. The molecule has 8 nitrogen and oxygen atoms in total. The maximum absolute atomic E-state index is 13.0. The Balaban J connectivity index is 1.48. The minimum atomic E-state index is -0.388. The number of carbonyl (C=O) groups is 1. The molecule has 0 unspecified atom stereocenters. The number of ether oxygens (including phenoxy) is 2. The summed E-state index contributed by atoms with van der Waals surface area (Å²) < 4.78 is 14.2. The fourth-order valence-corrected chi connectivity index (χ4v) is 7.01. The number of nitrogens with zero attached hydrogens (tertiary/aromatic N) is 5. The highest BCUT2D eigenvalue weighted by Crippen LogP contribution is 2.48. The lowest BCUT2D eigenvalue weighted by Crippen LogP contribution is -2.32. The van der Waals surface area contributed by atoms with E-state index in [-0.39, 0.29) is 18.0 Å². The normalized spacial score (nSPS) is 15.5. The van der Waals surface area contributed by atoms with Crippen LogP contribution in [-0.2, 0) is 28.9 Å². The van der Waals surface area contributed by atoms with Gasteiger partial charge in [0.1, 0.15) is 11.4 Å². The largest absolute Gasteiger partial charge is 0.487 e. The molecule has 4 aromatic rings. The zero-order valence-corrected chi connectivity index (χ0v) is 28.0. The van der Waals surface area contributed by atoms with Crippen LogP contribution in [-0.4, -0.2) is 64.3 Å². The Morgan fingerprint density at radius 1 is 0.956 bits per heavy atom. The lowest BCUT2D eigenvalue weighted by Gasteiger charge is -2.33. The van der Waals surface area contributed by atoms with Gasteiger partial charge >= 0.3 is 5.97 Å². The summed E-state index contributed by atoms with van der Waals surface area (Å²) in [7, 11) is 1.45. The molecule has 1 saturated heterocycles. The van der Waals surface area contributed by atoms with Crippen molar-refractivity contribution < 1.29 is 14.3 Å². The predicted octanol–water partition coefficient (Wildman–Crippen LogP) is 7.10. The molecule has 0 atom stereocenters. The third-order valence-electron chi connectivity index (χ3n) is 9.19. The number of aromatic nitrogens is 3. The first-order valence-electron chi connectivity index (χ1n) is 16.4. The number of piperidine rings is 1. The molecule has 4 heterocycles. The van der Waals surface area contributed by atoms with Crippen LogP contribution in [0.15, 0.2) is 36.7 Å². The number of benzene rings is 2. The zero-order chi connectivity index (χ0) is 31.9. The average Bonchev–Trinajstić information content (AvgIpc) is 3.35. The second-order valence-electron chi connectivity index (χ2n) is 13.7. The van der Waals surface area contributed by atoms with Crippen molar-refractivity contribution in [3.8, 4) is 16.9 Å². The molecule has 8 heteroatoms. The van der Waals surface area contributed by atoms with Crippen LogP contribution in [0.4, 0.5) is 11.6 Å². The van der Waals surface area contributed by atoms with Crippen LogP contribution < -0.4 is 9.64 Å². The van der Waals surface area contributed by atoms with E-state index in [1.165, 1.54) is 45.2 Å². The summed E-state index contributed by atoms with van der Waals surface area (Å²) in [6.07, 6.45) is 9.03. The fraction of sp³-hybridized carbons (Fsp3) is 0.486. The summed E-state index contributed by atoms with van der Waals surface area (Å²) in [5.74, 6) is 1.23. The molecule has 2 aromatic heterocycles. The second-order valence-corrected chi connectivity index (χ2v) is 13.7. The van der Waals surface area contributed by atoms with Gasteiger partial charge in [0, 0.05) is 48.7 Å². The van der Waals surface area contributed by atoms with Crippen LogP contribution in [0, 0.1) is 20.8 Å². The molecular weight excluding hydrogens is 562 g/mol. The molecule has 0 aliphatic carbocycles. The molecular formula is C37H47N5O3. The van der Waals surface area contributed by atoms with Gasteiger partial charge in [0.15, 0.2) is 0 Å². The topological polar surface area (TPSA) is 72.7 Å². The molecule has 0 amide bonds. The van der Waals surface area contributed by atoms with Gasteiger partial charge in [0.25, 0.3) is 0 Å². The Kier molecular flexibility index (Phi) is 8.61. The number of esters is 1. The van der Waals surface area contributed by atoms with E-state index >= 15 is 0 Å². The van der Waals surface area contributed by atoms with Gasteiger partial charge in [0.05, 0.1) is 24.7 Å². The highest BCUT2D eigenvalue weighted by atomic mass is 16.5. The van der Waals surface area contributed by atoms with E-state index in [2.05, 4.69) is 80.2 Å². The van der Waals surface area contributed by atoms with Crippen LogP contribution in [0.3, 0.4) is 0 Å². The van der Waals surface area contributed by atoms with Crippen molar-refractivity contribution in [2.24, 2.45) is 0 Å². The van der Waals surface area contributed by atoms with E-state index in [4.69, 9.17) is 19.4 Å². The van der Waals surface area contributed by atoms with Crippen LogP contribution >= 0.6 is 0 Å². The second kappa shape index (κ2) is 12.5. The van der Waals surface area contributed by atoms with Gasteiger partial charge < -0.3 is 23.8 Å². The SMILES string of the molecule is COC(=O)Cc1c(C)c2c3c(cc(C)n3CCN2c2ncc(CCN3CCCCC3)cn2)c1-c1ccc(C)cc1OC(C)(C)C. The molecule has 45 heavy (non-hydrogen) atoms. The number of rotatable bonds is 8. The number of hydrogen-bond acceptors (Lipinski definition) is 7. The van der Waals surface area contributed by atoms with E-state index < -0.39 is 0 Å². The predicted molar refractivity (Wildman–Crippen MR) is 181 cm³/mol. The van der Waals surface area contributed by atoms with Crippen LogP contribution in [0.2, 0.25) is 0 Å². The van der Waals surface area contributed by atoms with Crippen molar-refractivity contribution in [3.63, 3.8) is 0 Å². The van der Waals surface area contributed by atoms with E-state index in [1.54, 1.807) is 0 Å². The number of anilines is 2. The number of carbonyl (C=O) groups excluding carboxylic acids is 1. The summed E-state index contributed by atoms with van der Waals surface area (Å²) in [5.41, 5.74) is 9.24. The fourth-order valence-electron chi connectivity index (χ4n) is 7.01. The first kappa shape index (κ1) is 31.1. The summed E-state index contributed by atoms with van der Waals surface area (Å²) in [6, 6.07) is 8.60. The Bertz CT molecular complexity index is 1710. The Morgan fingerprint density at radius 2 is 1.69 bits per heavy atom. The van der Waals surface area contributed by atoms with Gasteiger partial charge in [0.2, 0.25) is 5.95 Å². The van der Waals surface area contributed by atoms with E-state index in [0.717, 1.165) is 81.8 Å². The highest BCUT2D eigenvalue weighted by molar-refractivity contribution is 6.08. The van der Waals surface area contributed by atoms with Crippen molar-refractivity contribution in [2.75, 3.05) is 38.2 Å². The lowest BCUT2D eigenvalue weighted by atomic mass is 9.88. The van der Waals surface area contributed by atoms with Crippen LogP contribution in [0.25, 0.3) is 22.0 Å². The number of methoxy groups -OCH3 is 1.